The lowest BCUT2D eigenvalue weighted by Gasteiger charge is -2.12. The minimum absolute atomic E-state index is 0.0433. The first-order valence-corrected chi connectivity index (χ1v) is 7.21. The summed E-state index contributed by atoms with van der Waals surface area (Å²) in [5, 5.41) is 0.863. The Morgan fingerprint density at radius 2 is 1.95 bits per heavy atom. The molecule has 2 rings (SSSR count). The number of ether oxygens (including phenoxy) is 1. The van der Waals surface area contributed by atoms with E-state index in [1.54, 1.807) is 18.2 Å². The third-order valence-corrected chi connectivity index (χ3v) is 4.09. The molecule has 0 spiro atoms. The lowest BCUT2D eigenvalue weighted by atomic mass is 10.1. The van der Waals surface area contributed by atoms with E-state index in [1.165, 1.54) is 0 Å². The number of hydrogen-bond donors (Lipinski definition) is 1. The second-order valence-corrected chi connectivity index (χ2v) is 5.77. The van der Waals surface area contributed by atoms with Crippen LogP contribution in [-0.2, 0) is 0 Å². The van der Waals surface area contributed by atoms with Gasteiger partial charge in [0.2, 0.25) is 0 Å². The molecule has 0 fully saturated rings. The van der Waals surface area contributed by atoms with Gasteiger partial charge in [-0.2, -0.15) is 0 Å². The minimum Gasteiger partial charge on any atom is -0.456 e. The van der Waals surface area contributed by atoms with Crippen LogP contribution >= 0.6 is 39.1 Å². The molecule has 0 heterocycles. The second kappa shape index (κ2) is 6.14. The molecule has 19 heavy (non-hydrogen) atoms. The van der Waals surface area contributed by atoms with Crippen molar-refractivity contribution in [2.24, 2.45) is 5.73 Å². The van der Waals surface area contributed by atoms with Crippen molar-refractivity contribution in [1.29, 1.82) is 0 Å². The first-order chi connectivity index (χ1) is 8.99. The van der Waals surface area contributed by atoms with Crippen LogP contribution in [0.5, 0.6) is 11.5 Å². The molecule has 0 amide bonds. The van der Waals surface area contributed by atoms with Gasteiger partial charge in [-0.15, -0.1) is 0 Å². The highest BCUT2D eigenvalue weighted by Crippen LogP contribution is 2.36. The summed E-state index contributed by atoms with van der Waals surface area (Å²) in [5.41, 5.74) is 6.87. The van der Waals surface area contributed by atoms with E-state index < -0.39 is 0 Å². The maximum atomic E-state index is 6.08. The Labute approximate surface area is 130 Å². The molecule has 0 bridgehead atoms. The molecule has 2 aromatic carbocycles. The zero-order valence-electron chi connectivity index (χ0n) is 10.2. The van der Waals surface area contributed by atoms with Crippen LogP contribution < -0.4 is 10.5 Å². The maximum absolute atomic E-state index is 6.08. The van der Waals surface area contributed by atoms with Crippen LogP contribution in [0.25, 0.3) is 0 Å². The normalized spacial score (nSPS) is 12.3. The van der Waals surface area contributed by atoms with Crippen LogP contribution in [0.2, 0.25) is 10.0 Å². The minimum atomic E-state index is -0.0433. The fraction of sp³-hybridized carbons (Fsp3) is 0.143. The molecular formula is C14H12BrCl2NO. The molecule has 0 aliphatic carbocycles. The standard InChI is InChI=1S/C14H12BrCl2NO/c1-8(18)10-6-5-9(7-11(10)15)19-13-4-2-3-12(16)14(13)17/h2-8H,18H2,1H3/t8-/m1/s1. The Kier molecular flexibility index (Phi) is 4.74. The highest BCUT2D eigenvalue weighted by Gasteiger charge is 2.09. The molecule has 0 saturated heterocycles. The van der Waals surface area contributed by atoms with E-state index in [2.05, 4.69) is 15.9 Å². The van der Waals surface area contributed by atoms with Gasteiger partial charge in [-0.3, -0.25) is 0 Å². The predicted octanol–water partition coefficient (Wildman–Crippen LogP) is 5.57. The van der Waals surface area contributed by atoms with E-state index in [1.807, 2.05) is 25.1 Å². The average Bonchev–Trinajstić information content (AvgIpc) is 2.34. The fourth-order valence-electron chi connectivity index (χ4n) is 1.63. The summed E-state index contributed by atoms with van der Waals surface area (Å²) in [6, 6.07) is 10.8. The van der Waals surface area contributed by atoms with Crippen molar-refractivity contribution in [3.05, 3.63) is 56.5 Å². The van der Waals surface area contributed by atoms with Gasteiger partial charge in [0.15, 0.2) is 0 Å². The van der Waals surface area contributed by atoms with Crippen molar-refractivity contribution in [1.82, 2.24) is 0 Å². The van der Waals surface area contributed by atoms with Gasteiger partial charge in [0.05, 0.1) is 5.02 Å². The molecule has 100 valence electrons. The van der Waals surface area contributed by atoms with E-state index in [-0.39, 0.29) is 6.04 Å². The van der Waals surface area contributed by atoms with Crippen LogP contribution in [0.1, 0.15) is 18.5 Å². The van der Waals surface area contributed by atoms with Crippen molar-refractivity contribution < 1.29 is 4.74 Å². The molecule has 0 aliphatic heterocycles. The molecule has 0 saturated carbocycles. The van der Waals surface area contributed by atoms with Crippen LogP contribution in [-0.4, -0.2) is 0 Å². The SMILES string of the molecule is C[C@@H](N)c1ccc(Oc2cccc(Cl)c2Cl)cc1Br. The average molecular weight is 361 g/mol. The molecule has 0 aromatic heterocycles. The van der Waals surface area contributed by atoms with Crippen molar-refractivity contribution >= 4 is 39.1 Å². The smallest absolute Gasteiger partial charge is 0.147 e. The first kappa shape index (κ1) is 14.7. The maximum Gasteiger partial charge on any atom is 0.147 e. The van der Waals surface area contributed by atoms with Crippen molar-refractivity contribution in [2.75, 3.05) is 0 Å². The zero-order valence-corrected chi connectivity index (χ0v) is 13.3. The van der Waals surface area contributed by atoms with E-state index in [0.717, 1.165) is 10.0 Å². The van der Waals surface area contributed by atoms with Crippen molar-refractivity contribution in [3.8, 4) is 11.5 Å². The van der Waals surface area contributed by atoms with Crippen molar-refractivity contribution in [3.63, 3.8) is 0 Å². The Bertz CT molecular complexity index is 602. The summed E-state index contributed by atoms with van der Waals surface area (Å²) in [7, 11) is 0. The van der Waals surface area contributed by atoms with E-state index in [9.17, 15) is 0 Å². The molecule has 0 unspecified atom stereocenters. The highest BCUT2D eigenvalue weighted by atomic mass is 79.9. The third kappa shape index (κ3) is 3.42. The van der Waals surface area contributed by atoms with Gasteiger partial charge in [0, 0.05) is 10.5 Å². The Morgan fingerprint density at radius 1 is 1.21 bits per heavy atom. The lowest BCUT2D eigenvalue weighted by molar-refractivity contribution is 0.482. The van der Waals surface area contributed by atoms with Gasteiger partial charge in [0.25, 0.3) is 0 Å². The summed E-state index contributed by atoms with van der Waals surface area (Å²) in [6.07, 6.45) is 0. The highest BCUT2D eigenvalue weighted by molar-refractivity contribution is 9.10. The monoisotopic (exact) mass is 359 g/mol. The van der Waals surface area contributed by atoms with Crippen LogP contribution in [0.4, 0.5) is 0 Å². The molecule has 0 aliphatic rings. The molecule has 0 radical (unpaired) electrons. The fourth-order valence-corrected chi connectivity index (χ4v) is 2.68. The van der Waals surface area contributed by atoms with E-state index in [4.69, 9.17) is 33.7 Å². The van der Waals surface area contributed by atoms with Crippen molar-refractivity contribution in [2.45, 2.75) is 13.0 Å². The topological polar surface area (TPSA) is 35.2 Å². The Balaban J connectivity index is 2.29. The molecule has 2 nitrogen and oxygen atoms in total. The third-order valence-electron chi connectivity index (χ3n) is 2.61. The number of nitrogens with two attached hydrogens (primary N) is 1. The summed E-state index contributed by atoms with van der Waals surface area (Å²) in [5.74, 6) is 1.19. The first-order valence-electron chi connectivity index (χ1n) is 5.66. The van der Waals surface area contributed by atoms with Gasteiger partial charge in [-0.05, 0) is 36.8 Å². The number of rotatable bonds is 3. The zero-order chi connectivity index (χ0) is 14.0. The molecular weight excluding hydrogens is 349 g/mol. The van der Waals surface area contributed by atoms with Crippen LogP contribution in [0, 0.1) is 0 Å². The lowest BCUT2D eigenvalue weighted by Crippen LogP contribution is -2.05. The van der Waals surface area contributed by atoms with Gasteiger partial charge in [-0.25, -0.2) is 0 Å². The predicted molar refractivity (Wildman–Crippen MR) is 83.3 cm³/mol. The van der Waals surface area contributed by atoms with Gasteiger partial charge < -0.3 is 10.5 Å². The second-order valence-electron chi connectivity index (χ2n) is 4.13. The largest absolute Gasteiger partial charge is 0.456 e. The molecule has 5 heteroatoms. The van der Waals surface area contributed by atoms with Gasteiger partial charge in [0.1, 0.15) is 16.5 Å². The molecule has 1 atom stereocenters. The Hall–Kier alpha value is -0.740. The van der Waals surface area contributed by atoms with E-state index >= 15 is 0 Å². The summed E-state index contributed by atoms with van der Waals surface area (Å²) in [4.78, 5) is 0. The van der Waals surface area contributed by atoms with E-state index in [0.29, 0.717) is 21.5 Å². The molecule has 2 aromatic rings. The van der Waals surface area contributed by atoms with Crippen LogP contribution in [0.3, 0.4) is 0 Å². The summed E-state index contributed by atoms with van der Waals surface area (Å²) >= 11 is 15.5. The number of hydrogen-bond acceptors (Lipinski definition) is 2. The van der Waals surface area contributed by atoms with Crippen LogP contribution in [0.15, 0.2) is 40.9 Å². The number of halogens is 3. The van der Waals surface area contributed by atoms with Gasteiger partial charge in [-0.1, -0.05) is 51.3 Å². The molecule has 2 N–H and O–H groups in total. The number of benzene rings is 2. The van der Waals surface area contributed by atoms with Gasteiger partial charge >= 0.3 is 0 Å². The Morgan fingerprint density at radius 3 is 2.58 bits per heavy atom. The quantitative estimate of drug-likeness (QED) is 0.776. The summed E-state index contributed by atoms with van der Waals surface area (Å²) < 4.78 is 6.62. The summed E-state index contributed by atoms with van der Waals surface area (Å²) in [6.45, 7) is 1.93.